The van der Waals surface area contributed by atoms with Gasteiger partial charge in [-0.3, -0.25) is 4.79 Å². The van der Waals surface area contributed by atoms with Gasteiger partial charge in [0.05, 0.1) is 14.2 Å². The Morgan fingerprint density at radius 3 is 2.22 bits per heavy atom. The average Bonchev–Trinajstić information content (AvgIpc) is 2.51. The monoisotopic (exact) mass is 323 g/mol. The maximum absolute atomic E-state index is 12.0. The lowest BCUT2D eigenvalue weighted by Gasteiger charge is -2.34. The fourth-order valence-electron chi connectivity index (χ4n) is 2.48. The van der Waals surface area contributed by atoms with Crippen molar-refractivity contribution in [3.8, 4) is 11.5 Å². The first-order chi connectivity index (χ1) is 10.7. The number of rotatable bonds is 8. The molecule has 0 saturated heterocycles. The Balaban J connectivity index is 2.93. The zero-order valence-corrected chi connectivity index (χ0v) is 15.2. The Morgan fingerprint density at radius 2 is 1.74 bits per heavy atom. The Kier molecular flexibility index (Phi) is 6.88. The van der Waals surface area contributed by atoms with Crippen LogP contribution in [0, 0.1) is 11.3 Å². The van der Waals surface area contributed by atoms with Crippen LogP contribution >= 0.6 is 0 Å². The number of amides is 1. The Hall–Kier alpha value is -1.75. The summed E-state index contributed by atoms with van der Waals surface area (Å²) in [5.74, 6) is 1.30. The molecule has 5 heteroatoms. The van der Waals surface area contributed by atoms with Gasteiger partial charge in [0.25, 0.3) is 0 Å². The zero-order chi connectivity index (χ0) is 17.6. The second-order valence-electron chi connectivity index (χ2n) is 6.63. The lowest BCUT2D eigenvalue weighted by atomic mass is 9.83. The van der Waals surface area contributed by atoms with E-state index in [1.165, 1.54) is 0 Å². The Morgan fingerprint density at radius 1 is 1.13 bits per heavy atom. The number of methoxy groups -OCH3 is 3. The molecule has 1 aromatic rings. The van der Waals surface area contributed by atoms with E-state index in [-0.39, 0.29) is 23.5 Å². The van der Waals surface area contributed by atoms with Crippen LogP contribution in [-0.4, -0.2) is 33.5 Å². The minimum absolute atomic E-state index is 0.0164. The number of carbonyl (C=O) groups is 1. The third-order valence-corrected chi connectivity index (χ3v) is 3.85. The van der Waals surface area contributed by atoms with Gasteiger partial charge in [-0.25, -0.2) is 0 Å². The average molecular weight is 323 g/mol. The molecule has 0 radical (unpaired) electrons. The number of hydrogen-bond acceptors (Lipinski definition) is 4. The summed E-state index contributed by atoms with van der Waals surface area (Å²) in [5, 5.41) is 2.96. The number of nitrogens with one attached hydrogen (secondary N) is 1. The van der Waals surface area contributed by atoms with Gasteiger partial charge in [-0.2, -0.15) is 0 Å². The quantitative estimate of drug-likeness (QED) is 0.747. The summed E-state index contributed by atoms with van der Waals surface area (Å²) in [7, 11) is 4.85. The second-order valence-corrected chi connectivity index (χ2v) is 6.63. The molecule has 1 unspecified atom stereocenters. The maximum atomic E-state index is 12.0. The van der Waals surface area contributed by atoms with Gasteiger partial charge >= 0.3 is 0 Å². The van der Waals surface area contributed by atoms with Crippen LogP contribution in [0.1, 0.15) is 33.3 Å². The van der Waals surface area contributed by atoms with Crippen molar-refractivity contribution in [2.45, 2.75) is 40.3 Å². The van der Waals surface area contributed by atoms with Gasteiger partial charge in [0, 0.05) is 18.4 Å². The molecule has 1 rings (SSSR count). The first-order valence-corrected chi connectivity index (χ1v) is 7.79. The van der Waals surface area contributed by atoms with Crippen molar-refractivity contribution in [3.05, 3.63) is 23.8 Å². The molecule has 0 aliphatic carbocycles. The minimum Gasteiger partial charge on any atom is -0.493 e. The van der Waals surface area contributed by atoms with Crippen LogP contribution in [0.5, 0.6) is 11.5 Å². The molecular weight excluding hydrogens is 294 g/mol. The van der Waals surface area contributed by atoms with Crippen molar-refractivity contribution in [3.63, 3.8) is 0 Å². The molecule has 0 heterocycles. The molecule has 0 aliphatic heterocycles. The van der Waals surface area contributed by atoms with E-state index in [0.717, 1.165) is 12.0 Å². The van der Waals surface area contributed by atoms with Gasteiger partial charge in [0.1, 0.15) is 6.23 Å². The van der Waals surface area contributed by atoms with Crippen molar-refractivity contribution in [2.24, 2.45) is 11.3 Å². The fraction of sp³-hybridized carbons (Fsp3) is 0.611. The highest BCUT2D eigenvalue weighted by Gasteiger charge is 2.32. The molecule has 1 amide bonds. The summed E-state index contributed by atoms with van der Waals surface area (Å²) < 4.78 is 16.1. The van der Waals surface area contributed by atoms with Gasteiger partial charge in [-0.15, -0.1) is 0 Å². The largest absolute Gasteiger partial charge is 0.493 e. The van der Waals surface area contributed by atoms with Crippen molar-refractivity contribution in [1.29, 1.82) is 0 Å². The fourth-order valence-corrected chi connectivity index (χ4v) is 2.48. The van der Waals surface area contributed by atoms with Crippen molar-refractivity contribution < 1.29 is 19.0 Å². The van der Waals surface area contributed by atoms with Crippen molar-refractivity contribution >= 4 is 5.91 Å². The summed E-state index contributed by atoms with van der Waals surface area (Å²) in [4.78, 5) is 12.0. The molecule has 0 aliphatic rings. The van der Waals surface area contributed by atoms with Gasteiger partial charge in [-0.05, 0) is 24.1 Å². The molecule has 0 bridgehead atoms. The third kappa shape index (κ3) is 5.13. The Labute approximate surface area is 139 Å². The maximum Gasteiger partial charge on any atom is 0.224 e. The normalized spacial score (nSPS) is 12.9. The third-order valence-electron chi connectivity index (χ3n) is 3.85. The highest BCUT2D eigenvalue weighted by atomic mass is 16.5. The molecule has 1 atom stereocenters. The topological polar surface area (TPSA) is 56.8 Å². The van der Waals surface area contributed by atoms with Crippen LogP contribution in [0.2, 0.25) is 0 Å². The molecule has 23 heavy (non-hydrogen) atoms. The molecule has 5 nitrogen and oxygen atoms in total. The highest BCUT2D eigenvalue weighted by molar-refractivity contribution is 5.78. The second kappa shape index (κ2) is 8.20. The first-order valence-electron chi connectivity index (χ1n) is 7.79. The number of ether oxygens (including phenoxy) is 3. The lowest BCUT2D eigenvalue weighted by Crippen LogP contribution is -2.48. The van der Waals surface area contributed by atoms with E-state index < -0.39 is 0 Å². The smallest absolute Gasteiger partial charge is 0.224 e. The summed E-state index contributed by atoms with van der Waals surface area (Å²) in [5.41, 5.74) is 0.812. The van der Waals surface area contributed by atoms with E-state index in [0.29, 0.717) is 11.5 Å². The van der Waals surface area contributed by atoms with Crippen LogP contribution in [0.3, 0.4) is 0 Å². The van der Waals surface area contributed by atoms with Gasteiger partial charge < -0.3 is 19.5 Å². The van der Waals surface area contributed by atoms with Crippen molar-refractivity contribution in [2.75, 3.05) is 21.3 Å². The van der Waals surface area contributed by atoms with Crippen molar-refractivity contribution in [1.82, 2.24) is 5.32 Å². The molecule has 0 fully saturated rings. The summed E-state index contributed by atoms with van der Waals surface area (Å²) in [6, 6.07) is 5.84. The predicted octanol–water partition coefficient (Wildman–Crippen LogP) is 3.02. The van der Waals surface area contributed by atoms with Crippen LogP contribution in [0.25, 0.3) is 0 Å². The summed E-state index contributed by atoms with van der Waals surface area (Å²) in [6.45, 7) is 7.86. The van der Waals surface area contributed by atoms with E-state index >= 15 is 0 Å². The lowest BCUT2D eigenvalue weighted by molar-refractivity contribution is -0.131. The zero-order valence-electron chi connectivity index (χ0n) is 15.2. The van der Waals surface area contributed by atoms with E-state index in [1.54, 1.807) is 21.3 Å². The standard InChI is InChI=1S/C18H29NO4/c1-12(2)16(20)19-17(23-7)18(3,4)11-13-8-9-14(21-5)15(10-13)22-6/h8-10,12,17H,11H2,1-7H3,(H,19,20). The predicted molar refractivity (Wildman–Crippen MR) is 90.8 cm³/mol. The molecule has 1 aromatic carbocycles. The Bertz CT molecular complexity index is 526. The minimum atomic E-state index is -0.370. The molecule has 1 N–H and O–H groups in total. The van der Waals surface area contributed by atoms with E-state index in [2.05, 4.69) is 19.2 Å². The highest BCUT2D eigenvalue weighted by Crippen LogP contribution is 2.32. The molecule has 130 valence electrons. The number of hydrogen-bond donors (Lipinski definition) is 1. The van der Waals surface area contributed by atoms with Gasteiger partial charge in [0.15, 0.2) is 11.5 Å². The first kappa shape index (κ1) is 19.3. The molecule has 0 spiro atoms. The van der Waals surface area contributed by atoms with E-state index in [4.69, 9.17) is 14.2 Å². The van der Waals surface area contributed by atoms with Crippen LogP contribution in [0.15, 0.2) is 18.2 Å². The molecule has 0 aromatic heterocycles. The van der Waals surface area contributed by atoms with E-state index in [1.807, 2.05) is 32.0 Å². The SMILES string of the molecule is COc1ccc(CC(C)(C)C(NC(=O)C(C)C)OC)cc1OC. The summed E-state index contributed by atoms with van der Waals surface area (Å²) in [6.07, 6.45) is 0.357. The number of benzene rings is 1. The molecular formula is C18H29NO4. The van der Waals surface area contributed by atoms with E-state index in [9.17, 15) is 4.79 Å². The van der Waals surface area contributed by atoms with Crippen LogP contribution in [-0.2, 0) is 16.0 Å². The van der Waals surface area contributed by atoms with Crippen LogP contribution in [0.4, 0.5) is 0 Å². The summed E-state index contributed by atoms with van der Waals surface area (Å²) >= 11 is 0. The van der Waals surface area contributed by atoms with Crippen LogP contribution < -0.4 is 14.8 Å². The van der Waals surface area contributed by atoms with Gasteiger partial charge in [-0.1, -0.05) is 33.8 Å². The number of carbonyl (C=O) groups excluding carboxylic acids is 1. The molecule has 0 saturated carbocycles. The van der Waals surface area contributed by atoms with Gasteiger partial charge in [0.2, 0.25) is 5.91 Å².